The minimum absolute atomic E-state index is 0.0959. The molecule has 0 saturated carbocycles. The number of pyridine rings is 1. The standard InChI is InChI=1S/C21H20BrN5O2/c1-13-17(14(2)25-21(29)18(13)11-23)7-8-20(28)26-19-9-10-24-27(19)12-15-3-5-16(22)6-4-15/h3-6,9-10H,7-8,12H2,1-2H3,(H,25,29)(H,26,28). The van der Waals surface area contributed by atoms with Crippen molar-refractivity contribution in [3.63, 3.8) is 0 Å². The number of hydrogen-bond donors (Lipinski definition) is 2. The molecule has 2 aromatic heterocycles. The maximum Gasteiger partial charge on any atom is 0.266 e. The SMILES string of the molecule is Cc1[nH]c(=O)c(C#N)c(C)c1CCC(=O)Nc1ccnn1Cc1ccc(Br)cc1. The summed E-state index contributed by atoms with van der Waals surface area (Å²) in [5, 5.41) is 16.3. The van der Waals surface area contributed by atoms with Crippen LogP contribution in [0.1, 0.15) is 34.4 Å². The second-order valence-electron chi connectivity index (χ2n) is 6.72. The van der Waals surface area contributed by atoms with Gasteiger partial charge in [-0.1, -0.05) is 28.1 Å². The van der Waals surface area contributed by atoms with Gasteiger partial charge in [-0.2, -0.15) is 10.4 Å². The van der Waals surface area contributed by atoms with Crippen molar-refractivity contribution in [2.75, 3.05) is 5.32 Å². The lowest BCUT2D eigenvalue weighted by Gasteiger charge is -2.12. The van der Waals surface area contributed by atoms with Crippen molar-refractivity contribution in [3.8, 4) is 6.07 Å². The average molecular weight is 454 g/mol. The number of hydrogen-bond acceptors (Lipinski definition) is 4. The molecule has 0 atom stereocenters. The lowest BCUT2D eigenvalue weighted by Crippen LogP contribution is -2.19. The summed E-state index contributed by atoms with van der Waals surface area (Å²) in [5.74, 6) is 0.455. The molecule has 1 amide bonds. The normalized spacial score (nSPS) is 10.6. The Kier molecular flexibility index (Phi) is 6.29. The molecule has 0 unspecified atom stereocenters. The fraction of sp³-hybridized carbons (Fsp3) is 0.238. The summed E-state index contributed by atoms with van der Waals surface area (Å²) in [6.45, 7) is 4.05. The molecular formula is C21H20BrN5O2. The van der Waals surface area contributed by atoms with Gasteiger partial charge in [-0.3, -0.25) is 9.59 Å². The minimum Gasteiger partial charge on any atom is -0.325 e. The Balaban J connectivity index is 1.67. The number of nitriles is 1. The fourth-order valence-corrected chi connectivity index (χ4v) is 3.46. The predicted octanol–water partition coefficient (Wildman–Crippen LogP) is 3.44. The van der Waals surface area contributed by atoms with Crippen LogP contribution in [0.5, 0.6) is 0 Å². The van der Waals surface area contributed by atoms with E-state index in [1.54, 1.807) is 30.8 Å². The Morgan fingerprint density at radius 2 is 2.00 bits per heavy atom. The summed E-state index contributed by atoms with van der Waals surface area (Å²) in [5.41, 5.74) is 2.89. The molecule has 0 bridgehead atoms. The molecule has 0 saturated heterocycles. The first-order chi connectivity index (χ1) is 13.9. The van der Waals surface area contributed by atoms with Crippen LogP contribution < -0.4 is 10.9 Å². The third kappa shape index (κ3) is 4.81. The van der Waals surface area contributed by atoms with Crippen molar-refractivity contribution in [2.45, 2.75) is 33.2 Å². The zero-order valence-corrected chi connectivity index (χ0v) is 17.7. The minimum atomic E-state index is -0.396. The van der Waals surface area contributed by atoms with Crippen molar-refractivity contribution in [1.82, 2.24) is 14.8 Å². The molecule has 0 spiro atoms. The van der Waals surface area contributed by atoms with E-state index in [0.29, 0.717) is 30.0 Å². The van der Waals surface area contributed by atoms with E-state index < -0.39 is 5.56 Å². The lowest BCUT2D eigenvalue weighted by molar-refractivity contribution is -0.116. The molecule has 0 aliphatic heterocycles. The summed E-state index contributed by atoms with van der Waals surface area (Å²) in [6.07, 6.45) is 2.29. The summed E-state index contributed by atoms with van der Waals surface area (Å²) >= 11 is 3.41. The van der Waals surface area contributed by atoms with Crippen LogP contribution in [0.25, 0.3) is 0 Å². The molecule has 0 aliphatic rings. The zero-order chi connectivity index (χ0) is 21.0. The van der Waals surface area contributed by atoms with Crippen LogP contribution in [0.2, 0.25) is 0 Å². The summed E-state index contributed by atoms with van der Waals surface area (Å²) in [6, 6.07) is 11.6. The lowest BCUT2D eigenvalue weighted by atomic mass is 9.99. The molecule has 8 heteroatoms. The summed E-state index contributed by atoms with van der Waals surface area (Å²) in [7, 11) is 0. The molecule has 0 radical (unpaired) electrons. The number of rotatable bonds is 6. The Hall–Kier alpha value is -3.18. The maximum atomic E-state index is 12.5. The smallest absolute Gasteiger partial charge is 0.266 e. The van der Waals surface area contributed by atoms with Crippen LogP contribution >= 0.6 is 15.9 Å². The first-order valence-electron chi connectivity index (χ1n) is 9.07. The van der Waals surface area contributed by atoms with Crippen molar-refractivity contribution in [2.24, 2.45) is 0 Å². The highest BCUT2D eigenvalue weighted by Crippen LogP contribution is 2.17. The van der Waals surface area contributed by atoms with Crippen molar-refractivity contribution < 1.29 is 4.79 Å². The number of anilines is 1. The second-order valence-corrected chi connectivity index (χ2v) is 7.63. The van der Waals surface area contributed by atoms with E-state index in [4.69, 9.17) is 5.26 Å². The first kappa shape index (κ1) is 20.6. The number of benzene rings is 1. The van der Waals surface area contributed by atoms with Gasteiger partial charge >= 0.3 is 0 Å². The monoisotopic (exact) mass is 453 g/mol. The quantitative estimate of drug-likeness (QED) is 0.596. The first-order valence-corrected chi connectivity index (χ1v) is 9.87. The largest absolute Gasteiger partial charge is 0.325 e. The Morgan fingerprint density at radius 3 is 2.69 bits per heavy atom. The van der Waals surface area contributed by atoms with Crippen LogP contribution in [0.15, 0.2) is 45.8 Å². The van der Waals surface area contributed by atoms with Crippen molar-refractivity contribution in [3.05, 3.63) is 79.3 Å². The van der Waals surface area contributed by atoms with E-state index in [1.807, 2.05) is 30.3 Å². The highest BCUT2D eigenvalue weighted by Gasteiger charge is 2.14. The van der Waals surface area contributed by atoms with E-state index in [0.717, 1.165) is 15.6 Å². The molecule has 3 rings (SSSR count). The summed E-state index contributed by atoms with van der Waals surface area (Å²) < 4.78 is 2.73. The van der Waals surface area contributed by atoms with Crippen LogP contribution in [-0.4, -0.2) is 20.7 Å². The number of nitrogens with zero attached hydrogens (tertiary/aromatic N) is 3. The molecule has 29 heavy (non-hydrogen) atoms. The zero-order valence-electron chi connectivity index (χ0n) is 16.1. The average Bonchev–Trinajstić information content (AvgIpc) is 3.10. The van der Waals surface area contributed by atoms with Gasteiger partial charge in [0, 0.05) is 22.7 Å². The van der Waals surface area contributed by atoms with E-state index in [9.17, 15) is 9.59 Å². The van der Waals surface area contributed by atoms with Gasteiger partial charge in [-0.05, 0) is 49.1 Å². The number of H-pyrrole nitrogens is 1. The Bertz CT molecular complexity index is 1140. The Morgan fingerprint density at radius 1 is 1.28 bits per heavy atom. The van der Waals surface area contributed by atoms with E-state index in [1.165, 1.54) is 0 Å². The third-order valence-corrected chi connectivity index (χ3v) is 5.28. The molecule has 148 valence electrons. The molecule has 1 aromatic carbocycles. The second kappa shape index (κ2) is 8.88. The van der Waals surface area contributed by atoms with Gasteiger partial charge in [0.1, 0.15) is 17.5 Å². The van der Waals surface area contributed by atoms with Crippen LogP contribution in [0.3, 0.4) is 0 Å². The molecule has 7 nitrogen and oxygen atoms in total. The summed E-state index contributed by atoms with van der Waals surface area (Å²) in [4.78, 5) is 27.0. The number of carbonyl (C=O) groups excluding carboxylic acids is 1. The number of nitrogens with one attached hydrogen (secondary N) is 2. The van der Waals surface area contributed by atoms with E-state index in [2.05, 4.69) is 31.3 Å². The van der Waals surface area contributed by atoms with Gasteiger partial charge in [0.15, 0.2) is 0 Å². The van der Waals surface area contributed by atoms with Crippen LogP contribution in [0.4, 0.5) is 5.82 Å². The predicted molar refractivity (Wildman–Crippen MR) is 114 cm³/mol. The van der Waals surface area contributed by atoms with Gasteiger partial charge < -0.3 is 10.3 Å². The molecule has 2 N–H and O–H groups in total. The van der Waals surface area contributed by atoms with Crippen molar-refractivity contribution >= 4 is 27.7 Å². The van der Waals surface area contributed by atoms with E-state index in [-0.39, 0.29) is 17.9 Å². The fourth-order valence-electron chi connectivity index (χ4n) is 3.19. The number of aromatic amines is 1. The van der Waals surface area contributed by atoms with Gasteiger partial charge in [-0.15, -0.1) is 0 Å². The number of amides is 1. The number of aryl methyl sites for hydroxylation is 1. The molecule has 0 fully saturated rings. The third-order valence-electron chi connectivity index (χ3n) is 4.75. The highest BCUT2D eigenvalue weighted by molar-refractivity contribution is 9.10. The van der Waals surface area contributed by atoms with E-state index >= 15 is 0 Å². The number of carbonyl (C=O) groups is 1. The van der Waals surface area contributed by atoms with Gasteiger partial charge in [0.25, 0.3) is 5.56 Å². The highest BCUT2D eigenvalue weighted by atomic mass is 79.9. The van der Waals surface area contributed by atoms with Gasteiger partial charge in [-0.25, -0.2) is 4.68 Å². The molecule has 2 heterocycles. The molecular weight excluding hydrogens is 434 g/mol. The van der Waals surface area contributed by atoms with Gasteiger partial charge in [0.2, 0.25) is 5.91 Å². The molecule has 3 aromatic rings. The Labute approximate surface area is 176 Å². The van der Waals surface area contributed by atoms with Crippen LogP contribution in [0, 0.1) is 25.2 Å². The number of halogens is 1. The topological polar surface area (TPSA) is 104 Å². The van der Waals surface area contributed by atoms with Crippen molar-refractivity contribution in [1.29, 1.82) is 5.26 Å². The van der Waals surface area contributed by atoms with Crippen LogP contribution in [-0.2, 0) is 17.8 Å². The molecule has 0 aliphatic carbocycles. The number of aromatic nitrogens is 3. The maximum absolute atomic E-state index is 12.5. The van der Waals surface area contributed by atoms with Gasteiger partial charge in [0.05, 0.1) is 12.7 Å².